The molecule has 0 saturated carbocycles. The van der Waals surface area contributed by atoms with Crippen LogP contribution in [0.2, 0.25) is 0 Å². The Bertz CT molecular complexity index is 963. The first kappa shape index (κ1) is 15.0. The van der Waals surface area contributed by atoms with Crippen molar-refractivity contribution in [2.24, 2.45) is 0 Å². The van der Waals surface area contributed by atoms with Crippen LogP contribution in [0, 0.1) is 6.92 Å². The standard InChI is InChI=1S/C15H11F3N4O/c1-8-11(3-2-6-20-8)22-12-7-9(15(16,17)18)4-5-10(12)13(19)21-14(22)23/h2-7H,1H3,(H2,19,21,23). The molecular weight excluding hydrogens is 309 g/mol. The molecule has 8 heteroatoms. The lowest BCUT2D eigenvalue weighted by Crippen LogP contribution is -2.24. The second kappa shape index (κ2) is 5.08. The number of hydrogen-bond donors (Lipinski definition) is 1. The minimum Gasteiger partial charge on any atom is -0.383 e. The van der Waals surface area contributed by atoms with E-state index in [0.717, 1.165) is 16.7 Å². The van der Waals surface area contributed by atoms with Crippen LogP contribution >= 0.6 is 0 Å². The molecule has 118 valence electrons. The highest BCUT2D eigenvalue weighted by atomic mass is 19.4. The van der Waals surface area contributed by atoms with Gasteiger partial charge in [-0.1, -0.05) is 0 Å². The Morgan fingerprint density at radius 2 is 1.96 bits per heavy atom. The lowest BCUT2D eigenvalue weighted by Gasteiger charge is -2.14. The van der Waals surface area contributed by atoms with Gasteiger partial charge in [-0.2, -0.15) is 18.2 Å². The minimum absolute atomic E-state index is 0.0356. The average Bonchev–Trinajstić information content (AvgIpc) is 2.47. The molecule has 0 bridgehead atoms. The molecule has 2 heterocycles. The number of aryl methyl sites for hydroxylation is 1. The van der Waals surface area contributed by atoms with Crippen LogP contribution in [-0.2, 0) is 6.18 Å². The van der Waals surface area contributed by atoms with Crippen LogP contribution < -0.4 is 11.4 Å². The van der Waals surface area contributed by atoms with Gasteiger partial charge in [-0.3, -0.25) is 9.55 Å². The molecule has 0 spiro atoms. The third-order valence-electron chi connectivity index (χ3n) is 3.47. The Morgan fingerprint density at radius 1 is 1.22 bits per heavy atom. The maximum atomic E-state index is 13.0. The summed E-state index contributed by atoms with van der Waals surface area (Å²) >= 11 is 0. The molecule has 0 fully saturated rings. The minimum atomic E-state index is -4.53. The predicted molar refractivity (Wildman–Crippen MR) is 79.3 cm³/mol. The number of alkyl halides is 3. The zero-order chi connectivity index (χ0) is 16.8. The van der Waals surface area contributed by atoms with Gasteiger partial charge in [-0.15, -0.1) is 0 Å². The molecule has 23 heavy (non-hydrogen) atoms. The van der Waals surface area contributed by atoms with Crippen molar-refractivity contribution >= 4 is 16.7 Å². The van der Waals surface area contributed by atoms with E-state index in [0.29, 0.717) is 11.4 Å². The van der Waals surface area contributed by atoms with E-state index in [1.54, 1.807) is 19.1 Å². The average molecular weight is 320 g/mol. The zero-order valence-corrected chi connectivity index (χ0v) is 11.9. The summed E-state index contributed by atoms with van der Waals surface area (Å²) in [5.41, 5.74) is 4.93. The summed E-state index contributed by atoms with van der Waals surface area (Å²) in [7, 11) is 0. The van der Waals surface area contributed by atoms with Crippen LogP contribution in [0.15, 0.2) is 41.3 Å². The maximum absolute atomic E-state index is 13.0. The number of anilines is 1. The maximum Gasteiger partial charge on any atom is 0.416 e. The summed E-state index contributed by atoms with van der Waals surface area (Å²) in [6, 6.07) is 6.18. The number of fused-ring (bicyclic) bond motifs is 1. The van der Waals surface area contributed by atoms with Crippen molar-refractivity contribution in [1.29, 1.82) is 0 Å². The highest BCUT2D eigenvalue weighted by molar-refractivity contribution is 5.89. The second-order valence-corrected chi connectivity index (χ2v) is 4.95. The molecule has 0 aliphatic heterocycles. The number of nitrogens with two attached hydrogens (primary N) is 1. The smallest absolute Gasteiger partial charge is 0.383 e. The van der Waals surface area contributed by atoms with Crippen molar-refractivity contribution in [2.45, 2.75) is 13.1 Å². The molecule has 0 radical (unpaired) electrons. The van der Waals surface area contributed by atoms with Gasteiger partial charge in [0.05, 0.1) is 22.5 Å². The van der Waals surface area contributed by atoms with Crippen molar-refractivity contribution < 1.29 is 13.2 Å². The molecule has 0 unspecified atom stereocenters. The third kappa shape index (κ3) is 2.52. The van der Waals surface area contributed by atoms with E-state index in [4.69, 9.17) is 5.73 Å². The van der Waals surface area contributed by atoms with Gasteiger partial charge in [0.25, 0.3) is 0 Å². The number of nitrogen functional groups attached to an aromatic ring is 1. The first-order valence-electron chi connectivity index (χ1n) is 6.60. The number of aromatic nitrogens is 3. The first-order chi connectivity index (χ1) is 10.8. The van der Waals surface area contributed by atoms with Crippen molar-refractivity contribution in [3.63, 3.8) is 0 Å². The second-order valence-electron chi connectivity index (χ2n) is 4.95. The molecule has 0 saturated heterocycles. The van der Waals surface area contributed by atoms with Crippen LogP contribution in [0.5, 0.6) is 0 Å². The predicted octanol–water partition coefficient (Wildman–Crippen LogP) is 2.69. The fraction of sp³-hybridized carbons (Fsp3) is 0.133. The Balaban J connectivity index is 2.46. The Hall–Kier alpha value is -2.90. The van der Waals surface area contributed by atoms with Crippen molar-refractivity contribution in [1.82, 2.24) is 14.5 Å². The third-order valence-corrected chi connectivity index (χ3v) is 3.47. The molecule has 2 N–H and O–H groups in total. The molecular formula is C15H11F3N4O. The van der Waals surface area contributed by atoms with Gasteiger partial charge in [0.1, 0.15) is 5.82 Å². The van der Waals surface area contributed by atoms with Gasteiger partial charge < -0.3 is 5.73 Å². The number of benzene rings is 1. The monoisotopic (exact) mass is 320 g/mol. The number of halogens is 3. The lowest BCUT2D eigenvalue weighted by molar-refractivity contribution is -0.137. The summed E-state index contributed by atoms with van der Waals surface area (Å²) in [6.45, 7) is 1.65. The SMILES string of the molecule is Cc1ncccc1-n1c(=O)nc(N)c2ccc(C(F)(F)F)cc21. The fourth-order valence-electron chi connectivity index (χ4n) is 2.37. The van der Waals surface area contributed by atoms with Crippen LogP contribution in [0.3, 0.4) is 0 Å². The summed E-state index contributed by atoms with van der Waals surface area (Å²) in [5.74, 6) is -0.114. The summed E-state index contributed by atoms with van der Waals surface area (Å²) in [5, 5.41) is 0.265. The topological polar surface area (TPSA) is 73.8 Å². The summed E-state index contributed by atoms with van der Waals surface area (Å²) < 4.78 is 40.0. The molecule has 2 aromatic heterocycles. The van der Waals surface area contributed by atoms with Crippen molar-refractivity contribution in [2.75, 3.05) is 5.73 Å². The van der Waals surface area contributed by atoms with E-state index < -0.39 is 17.4 Å². The highest BCUT2D eigenvalue weighted by Crippen LogP contribution is 2.32. The van der Waals surface area contributed by atoms with Gasteiger partial charge in [0.2, 0.25) is 0 Å². The first-order valence-corrected chi connectivity index (χ1v) is 6.60. The van der Waals surface area contributed by atoms with Gasteiger partial charge in [0.15, 0.2) is 0 Å². The Kier molecular flexibility index (Phi) is 3.32. The Morgan fingerprint density at radius 3 is 2.61 bits per heavy atom. The van der Waals surface area contributed by atoms with Gasteiger partial charge in [-0.05, 0) is 37.3 Å². The van der Waals surface area contributed by atoms with E-state index in [2.05, 4.69) is 9.97 Å². The largest absolute Gasteiger partial charge is 0.416 e. The van der Waals surface area contributed by atoms with Crippen LogP contribution in [0.25, 0.3) is 16.6 Å². The van der Waals surface area contributed by atoms with Crippen LogP contribution in [0.1, 0.15) is 11.3 Å². The van der Waals surface area contributed by atoms with Gasteiger partial charge in [-0.25, -0.2) is 4.79 Å². The van der Waals surface area contributed by atoms with E-state index in [9.17, 15) is 18.0 Å². The number of nitrogens with zero attached hydrogens (tertiary/aromatic N) is 3. The molecule has 1 aromatic carbocycles. The van der Waals surface area contributed by atoms with Crippen LogP contribution in [-0.4, -0.2) is 14.5 Å². The zero-order valence-electron chi connectivity index (χ0n) is 11.9. The van der Waals surface area contributed by atoms with E-state index in [1.165, 1.54) is 12.3 Å². The fourth-order valence-corrected chi connectivity index (χ4v) is 2.37. The van der Waals surface area contributed by atoms with Crippen molar-refractivity contribution in [3.05, 3.63) is 58.3 Å². The van der Waals surface area contributed by atoms with E-state index in [-0.39, 0.29) is 16.7 Å². The summed E-state index contributed by atoms with van der Waals surface area (Å²) in [4.78, 5) is 20.0. The van der Waals surface area contributed by atoms with E-state index >= 15 is 0 Å². The normalized spacial score (nSPS) is 11.8. The number of rotatable bonds is 1. The lowest BCUT2D eigenvalue weighted by atomic mass is 10.1. The highest BCUT2D eigenvalue weighted by Gasteiger charge is 2.31. The molecule has 0 aliphatic rings. The molecule has 0 aliphatic carbocycles. The molecule has 5 nitrogen and oxygen atoms in total. The molecule has 0 atom stereocenters. The van der Waals surface area contributed by atoms with Gasteiger partial charge in [0, 0.05) is 11.6 Å². The number of hydrogen-bond acceptors (Lipinski definition) is 4. The summed E-state index contributed by atoms with van der Waals surface area (Å²) in [6.07, 6.45) is -3.00. The number of pyridine rings is 1. The van der Waals surface area contributed by atoms with E-state index in [1.807, 2.05) is 0 Å². The molecule has 0 amide bonds. The van der Waals surface area contributed by atoms with Crippen LogP contribution in [0.4, 0.5) is 19.0 Å². The molecule has 3 rings (SSSR count). The molecule has 3 aromatic rings. The van der Waals surface area contributed by atoms with Crippen molar-refractivity contribution in [3.8, 4) is 5.69 Å². The Labute approximate surface area is 128 Å². The quantitative estimate of drug-likeness (QED) is 0.748. The van der Waals surface area contributed by atoms with Gasteiger partial charge >= 0.3 is 11.9 Å².